The Kier molecular flexibility index (Phi) is 8.06. The van der Waals surface area contributed by atoms with Gasteiger partial charge in [0.1, 0.15) is 5.82 Å². The van der Waals surface area contributed by atoms with Crippen molar-refractivity contribution in [2.45, 2.75) is 52.5 Å². The Morgan fingerprint density at radius 2 is 1.69 bits per heavy atom. The summed E-state index contributed by atoms with van der Waals surface area (Å²) >= 11 is 6.43. The first kappa shape index (κ1) is 23.5. The van der Waals surface area contributed by atoms with Crippen molar-refractivity contribution in [1.29, 1.82) is 0 Å². The Bertz CT molecular complexity index is 1090. The van der Waals surface area contributed by atoms with E-state index in [4.69, 9.17) is 11.6 Å². The quantitative estimate of drug-likeness (QED) is 0.404. The molecule has 3 rings (SSSR count). The zero-order valence-corrected chi connectivity index (χ0v) is 19.2. The second-order valence-electron chi connectivity index (χ2n) is 7.71. The molecule has 1 amide bonds. The molecule has 0 atom stereocenters. The molecule has 0 aliphatic heterocycles. The normalized spacial score (nSPS) is 10.8. The van der Waals surface area contributed by atoms with E-state index in [2.05, 4.69) is 28.7 Å². The summed E-state index contributed by atoms with van der Waals surface area (Å²) in [5.41, 5.74) is 2.83. The molecule has 0 unspecified atom stereocenters. The van der Waals surface area contributed by atoms with Crippen molar-refractivity contribution in [3.8, 4) is 0 Å². The number of carbonyl (C=O) groups is 2. The average Bonchev–Trinajstić information content (AvgIpc) is 3.08. The Hall–Kier alpha value is -3.12. The number of anilines is 1. The number of hydrogen-bond donors (Lipinski definition) is 2. The zero-order chi connectivity index (χ0) is 23.1. The third kappa shape index (κ3) is 5.56. The van der Waals surface area contributed by atoms with Crippen molar-refractivity contribution in [2.75, 3.05) is 5.32 Å². The van der Waals surface area contributed by atoms with Gasteiger partial charge in [0.25, 0.3) is 5.91 Å². The van der Waals surface area contributed by atoms with E-state index < -0.39 is 11.9 Å². The van der Waals surface area contributed by atoms with Gasteiger partial charge in [0.15, 0.2) is 5.15 Å². The van der Waals surface area contributed by atoms with Crippen molar-refractivity contribution < 1.29 is 14.7 Å². The molecule has 2 aromatic carbocycles. The van der Waals surface area contributed by atoms with Crippen LogP contribution in [0.15, 0.2) is 48.5 Å². The van der Waals surface area contributed by atoms with Gasteiger partial charge in [-0.25, -0.2) is 9.78 Å². The predicted octanol–water partition coefficient (Wildman–Crippen LogP) is 5.83. The van der Waals surface area contributed by atoms with Gasteiger partial charge in [0.05, 0.1) is 16.8 Å². The van der Waals surface area contributed by atoms with Gasteiger partial charge in [-0.2, -0.15) is 0 Å². The number of benzene rings is 2. The molecule has 32 heavy (non-hydrogen) atoms. The first-order chi connectivity index (χ1) is 15.4. The Labute approximate surface area is 193 Å². The molecule has 0 saturated carbocycles. The minimum atomic E-state index is -1.13. The number of carboxylic acids is 1. The molecule has 0 fully saturated rings. The van der Waals surface area contributed by atoms with Crippen LogP contribution in [0, 0.1) is 0 Å². The van der Waals surface area contributed by atoms with Gasteiger partial charge in [0, 0.05) is 18.7 Å². The highest BCUT2D eigenvalue weighted by Crippen LogP contribution is 2.23. The van der Waals surface area contributed by atoms with Gasteiger partial charge >= 0.3 is 5.97 Å². The van der Waals surface area contributed by atoms with E-state index in [9.17, 15) is 14.7 Å². The summed E-state index contributed by atoms with van der Waals surface area (Å²) in [4.78, 5) is 28.5. The zero-order valence-electron chi connectivity index (χ0n) is 18.4. The van der Waals surface area contributed by atoms with Crippen LogP contribution in [-0.2, 0) is 19.4 Å². The number of halogens is 1. The van der Waals surface area contributed by atoms with Gasteiger partial charge in [-0.3, -0.25) is 4.79 Å². The molecule has 0 aliphatic rings. The topological polar surface area (TPSA) is 84.2 Å². The highest BCUT2D eigenvalue weighted by molar-refractivity contribution is 6.30. The lowest BCUT2D eigenvalue weighted by Crippen LogP contribution is -2.16. The highest BCUT2D eigenvalue weighted by Gasteiger charge is 2.17. The monoisotopic (exact) mass is 453 g/mol. The molecule has 1 aromatic heterocycles. The number of unbranched alkanes of at least 4 members (excludes halogenated alkanes) is 1. The van der Waals surface area contributed by atoms with Gasteiger partial charge in [-0.1, -0.05) is 62.6 Å². The smallest absolute Gasteiger partial charge is 0.336 e. The average molecular weight is 454 g/mol. The summed E-state index contributed by atoms with van der Waals surface area (Å²) in [6.07, 6.45) is 4.89. The molecule has 6 nitrogen and oxygen atoms in total. The first-order valence-corrected chi connectivity index (χ1v) is 11.3. The minimum absolute atomic E-state index is 0.0262. The van der Waals surface area contributed by atoms with Crippen LogP contribution >= 0.6 is 11.6 Å². The van der Waals surface area contributed by atoms with Crippen LogP contribution in [0.25, 0.3) is 0 Å². The number of aromatic nitrogens is 2. The van der Waals surface area contributed by atoms with E-state index in [-0.39, 0.29) is 11.1 Å². The lowest BCUT2D eigenvalue weighted by Gasteiger charge is -2.13. The van der Waals surface area contributed by atoms with E-state index in [1.165, 1.54) is 12.1 Å². The molecule has 0 spiro atoms. The van der Waals surface area contributed by atoms with E-state index in [1.807, 2.05) is 24.3 Å². The molecule has 0 radical (unpaired) electrons. The molecule has 0 bridgehead atoms. The number of carbonyl (C=O) groups excluding carboxylic acids is 1. The van der Waals surface area contributed by atoms with Crippen molar-refractivity contribution in [2.24, 2.45) is 0 Å². The van der Waals surface area contributed by atoms with E-state index in [0.29, 0.717) is 17.4 Å². The van der Waals surface area contributed by atoms with Gasteiger partial charge in [-0.15, -0.1) is 0 Å². The van der Waals surface area contributed by atoms with Gasteiger partial charge in [0.2, 0.25) is 0 Å². The third-order valence-corrected chi connectivity index (χ3v) is 5.60. The first-order valence-electron chi connectivity index (χ1n) is 10.9. The molecule has 0 saturated heterocycles. The van der Waals surface area contributed by atoms with Crippen molar-refractivity contribution in [1.82, 2.24) is 9.55 Å². The number of amides is 1. The maximum Gasteiger partial charge on any atom is 0.336 e. The van der Waals surface area contributed by atoms with Gasteiger partial charge in [-0.05, 0) is 42.7 Å². The van der Waals surface area contributed by atoms with E-state index >= 15 is 0 Å². The van der Waals surface area contributed by atoms with Crippen LogP contribution in [0.1, 0.15) is 70.9 Å². The van der Waals surface area contributed by atoms with E-state index in [1.54, 1.807) is 12.1 Å². The third-order valence-electron chi connectivity index (χ3n) is 5.30. The second-order valence-corrected chi connectivity index (χ2v) is 8.07. The Balaban J connectivity index is 1.77. The van der Waals surface area contributed by atoms with Crippen molar-refractivity contribution in [3.63, 3.8) is 0 Å². The lowest BCUT2D eigenvalue weighted by atomic mass is 10.1. The number of nitrogens with zero attached hydrogens (tertiary/aromatic N) is 2. The second kappa shape index (κ2) is 11.0. The minimum Gasteiger partial charge on any atom is -0.478 e. The molecule has 1 heterocycles. The number of hydrogen-bond acceptors (Lipinski definition) is 3. The van der Waals surface area contributed by atoms with E-state index in [0.717, 1.165) is 49.2 Å². The fourth-order valence-electron chi connectivity index (χ4n) is 3.63. The molecule has 168 valence electrons. The van der Waals surface area contributed by atoms with Gasteiger partial charge < -0.3 is 15.0 Å². The largest absolute Gasteiger partial charge is 0.478 e. The number of aromatic carboxylic acids is 1. The maximum atomic E-state index is 12.6. The van der Waals surface area contributed by atoms with Crippen LogP contribution < -0.4 is 5.32 Å². The number of imidazole rings is 1. The standard InChI is InChI=1S/C25H28ClN3O3/c1-3-5-11-22-28-23(26)21(8-4-2)29(22)16-17-12-14-18(15-13-17)27-24(30)19-9-6-7-10-20(19)25(31)32/h6-7,9-10,12-15H,3-5,8,11,16H2,1-2H3,(H,27,30)(H,31,32). The fraction of sp³-hybridized carbons (Fsp3) is 0.320. The van der Waals surface area contributed by atoms with Crippen LogP contribution in [-0.4, -0.2) is 26.5 Å². The molecule has 0 aliphatic carbocycles. The highest BCUT2D eigenvalue weighted by atomic mass is 35.5. The summed E-state index contributed by atoms with van der Waals surface area (Å²) in [5.74, 6) is -0.584. The molecule has 2 N–H and O–H groups in total. The van der Waals surface area contributed by atoms with Crippen LogP contribution in [0.5, 0.6) is 0 Å². The predicted molar refractivity (Wildman–Crippen MR) is 127 cm³/mol. The Morgan fingerprint density at radius 1 is 1.00 bits per heavy atom. The van der Waals surface area contributed by atoms with Crippen LogP contribution in [0.4, 0.5) is 5.69 Å². The number of carboxylic acid groups (broad SMARTS) is 1. The fourth-order valence-corrected chi connectivity index (χ4v) is 3.93. The summed E-state index contributed by atoms with van der Waals surface area (Å²) < 4.78 is 2.21. The van der Waals surface area contributed by atoms with Crippen molar-refractivity contribution in [3.05, 3.63) is 81.9 Å². The number of aryl methyl sites for hydroxylation is 1. The van der Waals surface area contributed by atoms with Crippen molar-refractivity contribution >= 4 is 29.2 Å². The summed E-state index contributed by atoms with van der Waals surface area (Å²) in [6.45, 7) is 4.94. The molecular formula is C25H28ClN3O3. The Morgan fingerprint density at radius 3 is 2.31 bits per heavy atom. The molecular weight excluding hydrogens is 426 g/mol. The lowest BCUT2D eigenvalue weighted by molar-refractivity contribution is 0.0692. The summed E-state index contributed by atoms with van der Waals surface area (Å²) in [7, 11) is 0. The maximum absolute atomic E-state index is 12.6. The summed E-state index contributed by atoms with van der Waals surface area (Å²) in [6, 6.07) is 13.7. The summed E-state index contributed by atoms with van der Waals surface area (Å²) in [5, 5.41) is 12.7. The molecule has 3 aromatic rings. The SMILES string of the molecule is CCCCc1nc(Cl)c(CCC)n1Cc1ccc(NC(=O)c2ccccc2C(=O)O)cc1. The van der Waals surface area contributed by atoms with Crippen LogP contribution in [0.3, 0.4) is 0 Å². The van der Waals surface area contributed by atoms with Crippen LogP contribution in [0.2, 0.25) is 5.15 Å². The molecule has 7 heteroatoms. The number of nitrogens with one attached hydrogen (secondary N) is 1. The number of rotatable bonds is 10.